The van der Waals surface area contributed by atoms with Gasteiger partial charge >= 0.3 is 6.18 Å². The lowest BCUT2D eigenvalue weighted by atomic mass is 10.0. The van der Waals surface area contributed by atoms with Gasteiger partial charge in [0.05, 0.1) is 5.56 Å². The van der Waals surface area contributed by atoms with Gasteiger partial charge in [-0.1, -0.05) is 54.6 Å². The van der Waals surface area contributed by atoms with Crippen LogP contribution in [-0.2, 0) is 19.1 Å². The van der Waals surface area contributed by atoms with Gasteiger partial charge in [-0.2, -0.15) is 13.2 Å². The van der Waals surface area contributed by atoms with Crippen molar-refractivity contribution in [3.63, 3.8) is 0 Å². The Balaban J connectivity index is 1.57. The maximum Gasteiger partial charge on any atom is 0.416 e. The molecule has 3 rings (SSSR count). The number of rotatable bonds is 7. The number of amides is 1. The Morgan fingerprint density at radius 2 is 1.62 bits per heavy atom. The second-order valence-electron chi connectivity index (χ2n) is 6.72. The quantitative estimate of drug-likeness (QED) is 0.562. The van der Waals surface area contributed by atoms with E-state index in [4.69, 9.17) is 5.73 Å². The fourth-order valence-corrected chi connectivity index (χ4v) is 3.12. The van der Waals surface area contributed by atoms with Crippen molar-refractivity contribution < 1.29 is 18.0 Å². The molecule has 0 aliphatic heterocycles. The summed E-state index contributed by atoms with van der Waals surface area (Å²) in [6.07, 6.45) is -3.66. The zero-order valence-corrected chi connectivity index (χ0v) is 15.7. The molecular weight excluding hydrogens is 377 g/mol. The average molecular weight is 398 g/mol. The van der Waals surface area contributed by atoms with Gasteiger partial charge in [0.25, 0.3) is 0 Å². The maximum absolute atomic E-state index is 13.0. The zero-order valence-electron chi connectivity index (χ0n) is 15.7. The number of hydrogen-bond donors (Lipinski definition) is 2. The molecule has 0 spiro atoms. The third kappa shape index (κ3) is 5.45. The summed E-state index contributed by atoms with van der Waals surface area (Å²) in [6, 6.07) is 20.5. The highest BCUT2D eigenvalue weighted by atomic mass is 19.4. The van der Waals surface area contributed by atoms with Crippen LogP contribution in [0.4, 0.5) is 13.2 Å². The Hall–Kier alpha value is -3.12. The number of nitrogens with two attached hydrogens (primary N) is 1. The minimum absolute atomic E-state index is 0.160. The number of hydrogen-bond acceptors (Lipinski definition) is 2. The summed E-state index contributed by atoms with van der Waals surface area (Å²) in [4.78, 5) is 11.3. The molecule has 3 aromatic rings. The van der Waals surface area contributed by atoms with E-state index in [0.717, 1.165) is 22.8 Å². The maximum atomic E-state index is 13.0. The highest BCUT2D eigenvalue weighted by molar-refractivity contribution is 5.94. The van der Waals surface area contributed by atoms with Crippen LogP contribution in [0.15, 0.2) is 72.8 Å². The van der Waals surface area contributed by atoms with E-state index in [9.17, 15) is 18.0 Å². The third-order valence-corrected chi connectivity index (χ3v) is 4.66. The molecule has 3 aromatic carbocycles. The van der Waals surface area contributed by atoms with Crippen LogP contribution in [0.5, 0.6) is 0 Å². The van der Waals surface area contributed by atoms with Gasteiger partial charge in [0.2, 0.25) is 5.91 Å². The van der Waals surface area contributed by atoms with Crippen molar-refractivity contribution in [3.05, 3.63) is 95.1 Å². The molecule has 0 aliphatic carbocycles. The van der Waals surface area contributed by atoms with E-state index in [0.29, 0.717) is 18.5 Å². The number of primary amides is 1. The Bertz CT molecular complexity index is 982. The van der Waals surface area contributed by atoms with E-state index < -0.39 is 17.6 Å². The zero-order chi connectivity index (χ0) is 20.9. The minimum atomic E-state index is -4.35. The molecule has 3 N–H and O–H groups in total. The number of carbonyl (C=O) groups is 1. The van der Waals surface area contributed by atoms with E-state index in [1.165, 1.54) is 12.1 Å². The second-order valence-corrected chi connectivity index (χ2v) is 6.72. The van der Waals surface area contributed by atoms with Gasteiger partial charge in [-0.3, -0.25) is 4.79 Å². The predicted molar refractivity (Wildman–Crippen MR) is 107 cm³/mol. The summed E-state index contributed by atoms with van der Waals surface area (Å²) in [5.41, 5.74) is 8.34. The Morgan fingerprint density at radius 1 is 0.897 bits per heavy atom. The Morgan fingerprint density at radius 3 is 2.31 bits per heavy atom. The van der Waals surface area contributed by atoms with Crippen LogP contribution in [0, 0.1) is 0 Å². The normalized spacial score (nSPS) is 11.4. The van der Waals surface area contributed by atoms with Crippen molar-refractivity contribution in [2.24, 2.45) is 5.73 Å². The average Bonchev–Trinajstić information content (AvgIpc) is 2.71. The van der Waals surface area contributed by atoms with E-state index >= 15 is 0 Å². The molecule has 0 bridgehead atoms. The largest absolute Gasteiger partial charge is 0.416 e. The SMILES string of the molecule is NC(=O)c1cccc(-c2ccc(CCNCc3ccccc3C(F)(F)F)cc2)c1. The fraction of sp³-hybridized carbons (Fsp3) is 0.174. The number of carbonyl (C=O) groups excluding carboxylic acids is 1. The van der Waals surface area contributed by atoms with Crippen LogP contribution in [0.3, 0.4) is 0 Å². The summed E-state index contributed by atoms with van der Waals surface area (Å²) >= 11 is 0. The summed E-state index contributed by atoms with van der Waals surface area (Å²) in [5.74, 6) is -0.471. The van der Waals surface area contributed by atoms with E-state index in [-0.39, 0.29) is 12.1 Å². The number of halogens is 3. The summed E-state index contributed by atoms with van der Waals surface area (Å²) in [7, 11) is 0. The molecule has 0 aromatic heterocycles. The molecule has 0 unspecified atom stereocenters. The van der Waals surface area contributed by atoms with Crippen LogP contribution < -0.4 is 11.1 Å². The Kier molecular flexibility index (Phi) is 6.34. The molecule has 0 radical (unpaired) electrons. The van der Waals surface area contributed by atoms with Gasteiger partial charge in [-0.05, 0) is 53.4 Å². The molecule has 29 heavy (non-hydrogen) atoms. The monoisotopic (exact) mass is 398 g/mol. The highest BCUT2D eigenvalue weighted by Gasteiger charge is 2.32. The molecule has 0 saturated carbocycles. The number of benzene rings is 3. The van der Waals surface area contributed by atoms with Gasteiger partial charge in [0, 0.05) is 12.1 Å². The molecule has 0 fully saturated rings. The lowest BCUT2D eigenvalue weighted by molar-refractivity contribution is -0.138. The molecule has 0 atom stereocenters. The summed E-state index contributed by atoms with van der Waals surface area (Å²) < 4.78 is 39.0. The standard InChI is InChI=1S/C23H21F3N2O/c24-23(25,26)21-7-2-1-4-20(21)15-28-13-12-16-8-10-17(11-9-16)18-5-3-6-19(14-18)22(27)29/h1-11,14,28H,12-13,15H2,(H2,27,29). The molecule has 0 aliphatic rings. The first-order chi connectivity index (χ1) is 13.8. The van der Waals surface area contributed by atoms with E-state index in [1.54, 1.807) is 24.3 Å². The summed E-state index contributed by atoms with van der Waals surface area (Å²) in [5, 5.41) is 3.08. The molecule has 6 heteroatoms. The van der Waals surface area contributed by atoms with Gasteiger partial charge in [-0.25, -0.2) is 0 Å². The van der Waals surface area contributed by atoms with Crippen LogP contribution in [-0.4, -0.2) is 12.5 Å². The second kappa shape index (κ2) is 8.92. The van der Waals surface area contributed by atoms with Crippen molar-refractivity contribution in [1.29, 1.82) is 0 Å². The minimum Gasteiger partial charge on any atom is -0.366 e. The van der Waals surface area contributed by atoms with Crippen molar-refractivity contribution in [1.82, 2.24) is 5.32 Å². The molecule has 3 nitrogen and oxygen atoms in total. The highest BCUT2D eigenvalue weighted by Crippen LogP contribution is 2.31. The van der Waals surface area contributed by atoms with Crippen molar-refractivity contribution in [2.45, 2.75) is 19.1 Å². The van der Waals surface area contributed by atoms with Crippen molar-refractivity contribution in [3.8, 4) is 11.1 Å². The third-order valence-electron chi connectivity index (χ3n) is 4.66. The van der Waals surface area contributed by atoms with E-state index in [1.807, 2.05) is 30.3 Å². The van der Waals surface area contributed by atoms with E-state index in [2.05, 4.69) is 5.32 Å². The van der Waals surface area contributed by atoms with Crippen LogP contribution in [0.2, 0.25) is 0 Å². The summed E-state index contributed by atoms with van der Waals surface area (Å²) in [6.45, 7) is 0.719. The number of alkyl halides is 3. The predicted octanol–water partition coefficient (Wildman–Crippen LogP) is 4.80. The van der Waals surface area contributed by atoms with Gasteiger partial charge in [-0.15, -0.1) is 0 Å². The molecule has 0 saturated heterocycles. The van der Waals surface area contributed by atoms with Gasteiger partial charge in [0.1, 0.15) is 0 Å². The topological polar surface area (TPSA) is 55.1 Å². The number of nitrogens with one attached hydrogen (secondary N) is 1. The smallest absolute Gasteiger partial charge is 0.366 e. The van der Waals surface area contributed by atoms with Crippen molar-refractivity contribution >= 4 is 5.91 Å². The van der Waals surface area contributed by atoms with Crippen molar-refractivity contribution in [2.75, 3.05) is 6.54 Å². The van der Waals surface area contributed by atoms with Crippen LogP contribution in [0.25, 0.3) is 11.1 Å². The molecule has 1 amide bonds. The molecule has 150 valence electrons. The van der Waals surface area contributed by atoms with Crippen LogP contribution in [0.1, 0.15) is 27.0 Å². The first-order valence-corrected chi connectivity index (χ1v) is 9.19. The lowest BCUT2D eigenvalue weighted by Gasteiger charge is -2.13. The lowest BCUT2D eigenvalue weighted by Crippen LogP contribution is -2.19. The van der Waals surface area contributed by atoms with Gasteiger partial charge in [0.15, 0.2) is 0 Å². The molecular formula is C23H21F3N2O. The Labute approximate surface area is 167 Å². The van der Waals surface area contributed by atoms with Crippen LogP contribution >= 0.6 is 0 Å². The van der Waals surface area contributed by atoms with Gasteiger partial charge < -0.3 is 11.1 Å². The first-order valence-electron chi connectivity index (χ1n) is 9.19. The fourth-order valence-electron chi connectivity index (χ4n) is 3.12. The molecule has 0 heterocycles. The first kappa shape index (κ1) is 20.6.